The average Bonchev–Trinajstić information content (AvgIpc) is 3.79. The van der Waals surface area contributed by atoms with E-state index in [1.165, 1.54) is 38.6 Å². The van der Waals surface area contributed by atoms with Gasteiger partial charge in [0.05, 0.1) is 30.5 Å². The summed E-state index contributed by atoms with van der Waals surface area (Å²) in [7, 11) is -1.36. The molecule has 0 aliphatic rings. The summed E-state index contributed by atoms with van der Waals surface area (Å²) in [6.07, 6.45) is 2.11. The molecule has 1 radical (unpaired) electrons. The summed E-state index contributed by atoms with van der Waals surface area (Å²) in [5, 5.41) is 3.65. The first-order chi connectivity index (χ1) is 27.9. The third kappa shape index (κ3) is 8.27. The Morgan fingerprint density at radius 1 is 0.695 bits per heavy atom. The van der Waals surface area contributed by atoms with E-state index in [-0.39, 0.29) is 20.1 Å². The second kappa shape index (κ2) is 17.1. The molecule has 0 saturated heterocycles. The average molecular weight is 966 g/mol. The van der Waals surface area contributed by atoms with E-state index in [1.807, 2.05) is 30.3 Å². The minimum Gasteiger partial charge on any atom is -0.501 e. The number of aryl methyl sites for hydroxylation is 2. The van der Waals surface area contributed by atoms with Gasteiger partial charge in [-0.25, -0.2) is 0 Å². The summed E-state index contributed by atoms with van der Waals surface area (Å²) in [5.41, 5.74) is 15.4. The molecule has 0 atom stereocenters. The number of aromatic nitrogens is 3. The number of rotatable bonds is 7. The van der Waals surface area contributed by atoms with E-state index in [0.29, 0.717) is 11.8 Å². The second-order valence-electron chi connectivity index (χ2n) is 17.0. The smallest absolute Gasteiger partial charge is 0.120 e. The van der Waals surface area contributed by atoms with Gasteiger partial charge in [-0.15, -0.1) is 53.6 Å². The number of furan rings is 1. The van der Waals surface area contributed by atoms with Crippen molar-refractivity contribution in [3.05, 3.63) is 168 Å². The molecule has 0 aliphatic heterocycles. The Kier molecular flexibility index (Phi) is 12.1. The van der Waals surface area contributed by atoms with Crippen molar-refractivity contribution >= 4 is 46.2 Å². The molecule has 299 valence electrons. The van der Waals surface area contributed by atoms with Crippen LogP contribution in [0.3, 0.4) is 0 Å². The van der Waals surface area contributed by atoms with Crippen molar-refractivity contribution in [3.8, 4) is 39.5 Å². The third-order valence-corrected chi connectivity index (χ3v) is 13.1. The van der Waals surface area contributed by atoms with Crippen molar-refractivity contribution < 1.29 is 24.5 Å². The number of imidazole rings is 1. The standard InChI is InChI=1S/C33H23N2O.C20H28NSi.Ir/c1-21-19-24(23-11-4-3-5-12-23)20-22(2)31(21)35-29-17-8-7-16-28(29)34-33(35)27-15-10-14-26-25-13-6-9-18-30(25)36-32(26)27;1-14(2)16-8-10-17(11-9-16)19-12-18(15(3)4)20(13-21-19)22(5,6)7;/h3-14,16-20H,1-2H3;8-10,12-15H,1-7H3;/q2*-1;. The SMILES string of the molecule is CC(C)c1c[c-]c(-c2cc(C(C)C)c([Si](C)(C)C)cn2)cc1.Cc1cc(-c2ccccc2)cc(C)c1-n1c(-c2[c-]ccc3c2oc2ccccc23)nc2ccccc21.[Ir]. The van der Waals surface area contributed by atoms with Crippen LogP contribution in [0.4, 0.5) is 0 Å². The van der Waals surface area contributed by atoms with Crippen LogP contribution in [-0.4, -0.2) is 22.6 Å². The number of pyridine rings is 1. The van der Waals surface area contributed by atoms with Crippen LogP contribution >= 0.6 is 0 Å². The zero-order valence-electron chi connectivity index (χ0n) is 35.4. The molecular formula is C53H51IrN3OSi-2. The van der Waals surface area contributed by atoms with E-state index >= 15 is 0 Å². The number of fused-ring (bicyclic) bond motifs is 4. The van der Waals surface area contributed by atoms with Crippen molar-refractivity contribution in [2.75, 3.05) is 0 Å². The molecule has 3 aromatic heterocycles. The van der Waals surface area contributed by atoms with Gasteiger partial charge in [-0.3, -0.25) is 4.98 Å². The van der Waals surface area contributed by atoms with E-state index in [2.05, 4.69) is 181 Å². The van der Waals surface area contributed by atoms with E-state index in [1.54, 1.807) is 0 Å². The molecule has 9 rings (SSSR count). The Balaban J connectivity index is 0.000000199. The van der Waals surface area contributed by atoms with Gasteiger partial charge in [-0.2, -0.15) is 0 Å². The van der Waals surface area contributed by atoms with Crippen LogP contribution in [0, 0.1) is 26.0 Å². The molecule has 0 amide bonds. The molecule has 0 unspecified atom stereocenters. The van der Waals surface area contributed by atoms with E-state index in [4.69, 9.17) is 14.4 Å². The van der Waals surface area contributed by atoms with Crippen LogP contribution in [0.5, 0.6) is 0 Å². The Morgan fingerprint density at radius 3 is 2.07 bits per heavy atom. The van der Waals surface area contributed by atoms with Gasteiger partial charge in [-0.05, 0) is 83.2 Å². The van der Waals surface area contributed by atoms with Gasteiger partial charge in [0.15, 0.2) is 0 Å². The Labute approximate surface area is 363 Å². The van der Waals surface area contributed by atoms with Gasteiger partial charge in [0.2, 0.25) is 0 Å². The molecule has 0 fully saturated rings. The number of hydrogen-bond donors (Lipinski definition) is 0. The van der Waals surface area contributed by atoms with Crippen LogP contribution < -0.4 is 5.19 Å². The molecule has 6 aromatic carbocycles. The van der Waals surface area contributed by atoms with Crippen molar-refractivity contribution in [3.63, 3.8) is 0 Å². The van der Waals surface area contributed by atoms with E-state index < -0.39 is 8.07 Å². The molecule has 6 heteroatoms. The Bertz CT molecular complexity index is 2880. The molecule has 3 heterocycles. The second-order valence-corrected chi connectivity index (χ2v) is 22.1. The predicted octanol–water partition coefficient (Wildman–Crippen LogP) is 14.0. The topological polar surface area (TPSA) is 43.9 Å². The van der Waals surface area contributed by atoms with Crippen LogP contribution in [0.1, 0.15) is 61.8 Å². The van der Waals surface area contributed by atoms with Gasteiger partial charge in [-0.1, -0.05) is 136 Å². The number of benzene rings is 6. The fourth-order valence-electron chi connectivity index (χ4n) is 8.06. The third-order valence-electron chi connectivity index (χ3n) is 11.1. The van der Waals surface area contributed by atoms with Gasteiger partial charge in [0, 0.05) is 37.4 Å². The monoisotopic (exact) mass is 966 g/mol. The first-order valence-electron chi connectivity index (χ1n) is 20.4. The minimum atomic E-state index is -1.36. The first kappa shape index (κ1) is 41.8. The van der Waals surface area contributed by atoms with Crippen molar-refractivity contribution in [1.29, 1.82) is 0 Å². The summed E-state index contributed by atoms with van der Waals surface area (Å²) in [6, 6.07) is 51.2. The first-order valence-corrected chi connectivity index (χ1v) is 23.9. The number of nitrogens with zero attached hydrogens (tertiary/aromatic N) is 3. The maximum atomic E-state index is 6.38. The predicted molar refractivity (Wildman–Crippen MR) is 247 cm³/mol. The summed E-state index contributed by atoms with van der Waals surface area (Å²) in [5.74, 6) is 1.90. The molecule has 0 bridgehead atoms. The van der Waals surface area contributed by atoms with E-state index in [9.17, 15) is 0 Å². The fourth-order valence-corrected chi connectivity index (χ4v) is 9.74. The van der Waals surface area contributed by atoms with Crippen molar-refractivity contribution in [1.82, 2.24) is 14.5 Å². The fraction of sp³-hybridized carbons (Fsp3) is 0.208. The Hall–Kier alpha value is -5.39. The Morgan fingerprint density at radius 2 is 1.39 bits per heavy atom. The molecule has 9 aromatic rings. The summed E-state index contributed by atoms with van der Waals surface area (Å²) in [4.78, 5) is 9.85. The molecule has 59 heavy (non-hydrogen) atoms. The summed E-state index contributed by atoms with van der Waals surface area (Å²) >= 11 is 0. The number of hydrogen-bond acceptors (Lipinski definition) is 3. The quantitative estimate of drug-likeness (QED) is 0.118. The minimum absolute atomic E-state index is 0. The normalized spacial score (nSPS) is 11.6. The van der Waals surface area contributed by atoms with Crippen molar-refractivity contribution in [2.45, 2.75) is 73.0 Å². The van der Waals surface area contributed by atoms with Crippen LogP contribution in [-0.2, 0) is 20.1 Å². The van der Waals surface area contributed by atoms with Crippen LogP contribution in [0.25, 0.3) is 72.4 Å². The van der Waals surface area contributed by atoms with Crippen LogP contribution in [0.15, 0.2) is 138 Å². The molecule has 0 saturated carbocycles. The van der Waals surface area contributed by atoms with Crippen LogP contribution in [0.2, 0.25) is 19.6 Å². The maximum absolute atomic E-state index is 6.38. The molecule has 0 N–H and O–H groups in total. The molecular weight excluding hydrogens is 915 g/mol. The molecule has 0 spiro atoms. The molecule has 0 aliphatic carbocycles. The van der Waals surface area contributed by atoms with E-state index in [0.717, 1.165) is 61.3 Å². The molecule has 4 nitrogen and oxygen atoms in total. The van der Waals surface area contributed by atoms with Gasteiger partial charge in [0.1, 0.15) is 5.58 Å². The zero-order chi connectivity index (χ0) is 40.7. The van der Waals surface area contributed by atoms with Gasteiger partial charge >= 0.3 is 0 Å². The van der Waals surface area contributed by atoms with Gasteiger partial charge < -0.3 is 14.0 Å². The zero-order valence-corrected chi connectivity index (χ0v) is 38.8. The largest absolute Gasteiger partial charge is 0.501 e. The maximum Gasteiger partial charge on any atom is 0.120 e. The summed E-state index contributed by atoms with van der Waals surface area (Å²) in [6.45, 7) is 20.5. The summed E-state index contributed by atoms with van der Waals surface area (Å²) < 4.78 is 8.65. The van der Waals surface area contributed by atoms with Gasteiger partial charge in [0.25, 0.3) is 0 Å². The number of para-hydroxylation sites is 3. The van der Waals surface area contributed by atoms with Crippen molar-refractivity contribution in [2.24, 2.45) is 0 Å².